The third kappa shape index (κ3) is 5.27. The van der Waals surface area contributed by atoms with E-state index < -0.39 is 6.10 Å². The molecule has 5 heteroatoms. The zero-order valence-corrected chi connectivity index (χ0v) is 18.4. The molecule has 3 rings (SSSR count). The zero-order chi connectivity index (χ0) is 20.3. The van der Waals surface area contributed by atoms with Gasteiger partial charge in [0, 0.05) is 35.8 Å². The standard InChI is InChI=1S/C24H30N2O2.ClH/c1-17(2)26(18(3)4)15-20(27)14-25-16-23(19-10-6-5-7-11-19)21-12-8-9-13-22(21)24(25)28;/h5-13,16-18,20,27H,14-15H2,1-4H3;1H. The highest BCUT2D eigenvalue weighted by Crippen LogP contribution is 2.26. The van der Waals surface area contributed by atoms with Crippen molar-refractivity contribution >= 4 is 23.2 Å². The molecular formula is C24H31ClN2O2. The van der Waals surface area contributed by atoms with Crippen LogP contribution in [-0.2, 0) is 6.54 Å². The quantitative estimate of drug-likeness (QED) is 0.616. The van der Waals surface area contributed by atoms with E-state index in [9.17, 15) is 9.90 Å². The van der Waals surface area contributed by atoms with Crippen LogP contribution in [0.4, 0.5) is 0 Å². The molecule has 0 spiro atoms. The molecule has 4 nitrogen and oxygen atoms in total. The average Bonchev–Trinajstić information content (AvgIpc) is 2.68. The minimum atomic E-state index is -0.618. The molecule has 1 unspecified atom stereocenters. The third-order valence-electron chi connectivity index (χ3n) is 5.23. The van der Waals surface area contributed by atoms with E-state index in [1.165, 1.54) is 0 Å². The SMILES string of the molecule is CC(C)N(CC(O)Cn1cc(-c2ccccc2)c2ccccc2c1=O)C(C)C.Cl. The van der Waals surface area contributed by atoms with Gasteiger partial charge in [-0.2, -0.15) is 0 Å². The van der Waals surface area contributed by atoms with Crippen molar-refractivity contribution in [1.29, 1.82) is 0 Å². The molecule has 1 aromatic heterocycles. The van der Waals surface area contributed by atoms with Gasteiger partial charge >= 0.3 is 0 Å². The molecule has 0 aliphatic carbocycles. The van der Waals surface area contributed by atoms with E-state index in [2.05, 4.69) is 32.6 Å². The molecule has 1 heterocycles. The first kappa shape index (κ1) is 23.1. The fraction of sp³-hybridized carbons (Fsp3) is 0.375. The van der Waals surface area contributed by atoms with Crippen molar-refractivity contribution in [2.75, 3.05) is 6.54 Å². The third-order valence-corrected chi connectivity index (χ3v) is 5.23. The van der Waals surface area contributed by atoms with Crippen molar-refractivity contribution in [1.82, 2.24) is 9.47 Å². The number of aromatic nitrogens is 1. The summed E-state index contributed by atoms with van der Waals surface area (Å²) in [4.78, 5) is 15.3. The first-order valence-electron chi connectivity index (χ1n) is 10.00. The van der Waals surface area contributed by atoms with Gasteiger partial charge in [0.1, 0.15) is 0 Å². The van der Waals surface area contributed by atoms with Gasteiger partial charge in [0.2, 0.25) is 0 Å². The normalized spacial score (nSPS) is 12.6. The lowest BCUT2D eigenvalue weighted by molar-refractivity contribution is 0.0650. The Kier molecular flexibility index (Phi) is 8.03. The van der Waals surface area contributed by atoms with Crippen LogP contribution in [0.5, 0.6) is 0 Å². The van der Waals surface area contributed by atoms with Crippen molar-refractivity contribution in [2.24, 2.45) is 0 Å². The number of aliphatic hydroxyl groups is 1. The van der Waals surface area contributed by atoms with Crippen LogP contribution in [0.2, 0.25) is 0 Å². The molecule has 0 aliphatic heterocycles. The Morgan fingerprint density at radius 3 is 2.03 bits per heavy atom. The van der Waals surface area contributed by atoms with Gasteiger partial charge in [-0.25, -0.2) is 0 Å². The minimum Gasteiger partial charge on any atom is -0.390 e. The van der Waals surface area contributed by atoms with E-state index in [-0.39, 0.29) is 24.5 Å². The molecule has 3 aromatic rings. The summed E-state index contributed by atoms with van der Waals surface area (Å²) in [6, 6.07) is 18.4. The zero-order valence-electron chi connectivity index (χ0n) is 17.6. The molecule has 0 saturated heterocycles. The second-order valence-corrected chi connectivity index (χ2v) is 7.95. The van der Waals surface area contributed by atoms with Crippen molar-refractivity contribution in [3.63, 3.8) is 0 Å². The molecule has 0 fully saturated rings. The lowest BCUT2D eigenvalue weighted by atomic mass is 10.0. The lowest BCUT2D eigenvalue weighted by Crippen LogP contribution is -2.44. The monoisotopic (exact) mass is 414 g/mol. The number of hydrogen-bond acceptors (Lipinski definition) is 3. The maximum Gasteiger partial charge on any atom is 0.258 e. The molecule has 1 atom stereocenters. The Labute approximate surface area is 179 Å². The van der Waals surface area contributed by atoms with Crippen LogP contribution in [0.25, 0.3) is 21.9 Å². The molecule has 2 aromatic carbocycles. The number of nitrogens with zero attached hydrogens (tertiary/aromatic N) is 2. The van der Waals surface area contributed by atoms with Crippen LogP contribution in [0.15, 0.2) is 65.6 Å². The predicted molar refractivity (Wildman–Crippen MR) is 124 cm³/mol. The molecule has 0 saturated carbocycles. The second-order valence-electron chi connectivity index (χ2n) is 7.95. The minimum absolute atomic E-state index is 0. The van der Waals surface area contributed by atoms with E-state index in [0.29, 0.717) is 24.0 Å². The van der Waals surface area contributed by atoms with Crippen LogP contribution in [0.1, 0.15) is 27.7 Å². The fourth-order valence-electron chi connectivity index (χ4n) is 3.87. The molecule has 1 N–H and O–H groups in total. The first-order valence-corrected chi connectivity index (χ1v) is 10.00. The maximum absolute atomic E-state index is 13.0. The highest BCUT2D eigenvalue weighted by atomic mass is 35.5. The number of halogens is 1. The van der Waals surface area contributed by atoms with Gasteiger partial charge in [0.05, 0.1) is 12.6 Å². The van der Waals surface area contributed by atoms with Gasteiger partial charge in [0.15, 0.2) is 0 Å². The second kappa shape index (κ2) is 10.1. The van der Waals surface area contributed by atoms with Crippen LogP contribution in [-0.4, -0.2) is 39.3 Å². The maximum atomic E-state index is 13.0. The van der Waals surface area contributed by atoms with E-state index in [4.69, 9.17) is 0 Å². The molecule has 29 heavy (non-hydrogen) atoms. The average molecular weight is 415 g/mol. The van der Waals surface area contributed by atoms with Crippen molar-refractivity contribution in [2.45, 2.75) is 52.4 Å². The molecule has 0 bridgehead atoms. The van der Waals surface area contributed by atoms with Gasteiger partial charge < -0.3 is 9.67 Å². The summed E-state index contributed by atoms with van der Waals surface area (Å²) >= 11 is 0. The number of fused-ring (bicyclic) bond motifs is 1. The van der Waals surface area contributed by atoms with Gasteiger partial charge in [-0.1, -0.05) is 48.5 Å². The largest absolute Gasteiger partial charge is 0.390 e. The Bertz CT molecular complexity index is 975. The summed E-state index contributed by atoms with van der Waals surface area (Å²) < 4.78 is 1.66. The van der Waals surface area contributed by atoms with E-state index in [0.717, 1.165) is 16.5 Å². The Balaban J connectivity index is 0.00000300. The topological polar surface area (TPSA) is 45.5 Å². The summed E-state index contributed by atoms with van der Waals surface area (Å²) in [5.74, 6) is 0. The summed E-state index contributed by atoms with van der Waals surface area (Å²) in [6.45, 7) is 9.32. The van der Waals surface area contributed by atoms with Crippen molar-refractivity contribution in [3.8, 4) is 11.1 Å². The summed E-state index contributed by atoms with van der Waals surface area (Å²) in [6.07, 6.45) is 1.27. The summed E-state index contributed by atoms with van der Waals surface area (Å²) in [5.41, 5.74) is 2.01. The Morgan fingerprint density at radius 1 is 0.897 bits per heavy atom. The van der Waals surface area contributed by atoms with E-state index in [1.807, 2.05) is 60.8 Å². The number of hydrogen-bond donors (Lipinski definition) is 1. The highest BCUT2D eigenvalue weighted by molar-refractivity contribution is 5.95. The fourth-order valence-corrected chi connectivity index (χ4v) is 3.87. The van der Waals surface area contributed by atoms with Gasteiger partial charge in [-0.3, -0.25) is 9.69 Å². The summed E-state index contributed by atoms with van der Waals surface area (Å²) in [7, 11) is 0. The predicted octanol–water partition coefficient (Wildman–Crippen LogP) is 4.57. The van der Waals surface area contributed by atoms with E-state index >= 15 is 0 Å². The lowest BCUT2D eigenvalue weighted by Gasteiger charge is -2.32. The molecule has 156 valence electrons. The smallest absolute Gasteiger partial charge is 0.258 e. The van der Waals surface area contributed by atoms with Crippen LogP contribution < -0.4 is 5.56 Å². The van der Waals surface area contributed by atoms with Gasteiger partial charge in [-0.05, 0) is 44.7 Å². The Morgan fingerprint density at radius 2 is 1.45 bits per heavy atom. The molecule has 0 radical (unpaired) electrons. The molecular weight excluding hydrogens is 384 g/mol. The van der Waals surface area contributed by atoms with Gasteiger partial charge in [0.25, 0.3) is 5.56 Å². The number of rotatable bonds is 7. The van der Waals surface area contributed by atoms with Crippen molar-refractivity contribution in [3.05, 3.63) is 71.1 Å². The number of benzene rings is 2. The molecule has 0 amide bonds. The Hall–Kier alpha value is -2.14. The number of pyridine rings is 1. The van der Waals surface area contributed by atoms with E-state index in [1.54, 1.807) is 4.57 Å². The van der Waals surface area contributed by atoms with Crippen molar-refractivity contribution < 1.29 is 5.11 Å². The van der Waals surface area contributed by atoms with Crippen LogP contribution in [0.3, 0.4) is 0 Å². The number of aliphatic hydroxyl groups excluding tert-OH is 1. The van der Waals surface area contributed by atoms with Crippen LogP contribution >= 0.6 is 12.4 Å². The summed E-state index contributed by atoms with van der Waals surface area (Å²) in [5, 5.41) is 12.3. The first-order chi connectivity index (χ1) is 13.4. The highest BCUT2D eigenvalue weighted by Gasteiger charge is 2.19. The molecule has 0 aliphatic rings. The van der Waals surface area contributed by atoms with Crippen LogP contribution in [0, 0.1) is 0 Å². The van der Waals surface area contributed by atoms with Gasteiger partial charge in [-0.15, -0.1) is 12.4 Å².